The quantitative estimate of drug-likeness (QED) is 0.495. The minimum atomic E-state index is -0.997. The molecule has 0 saturated carbocycles. The summed E-state index contributed by atoms with van der Waals surface area (Å²) in [5.74, 6) is -0.377. The Bertz CT molecular complexity index is 281. The minimum absolute atomic E-state index is 0.00381. The number of hydrogen-bond acceptors (Lipinski definition) is 4. The van der Waals surface area contributed by atoms with E-state index in [4.69, 9.17) is 16.2 Å². The molecular formula is C11H20N2O2. The zero-order valence-electron chi connectivity index (χ0n) is 9.62. The van der Waals surface area contributed by atoms with Crippen LogP contribution in [0.4, 0.5) is 0 Å². The van der Waals surface area contributed by atoms with Crippen molar-refractivity contribution in [3.63, 3.8) is 0 Å². The maximum absolute atomic E-state index is 11.8. The minimum Gasteiger partial charge on any atom is -0.458 e. The van der Waals surface area contributed by atoms with E-state index in [0.717, 1.165) is 0 Å². The summed E-state index contributed by atoms with van der Waals surface area (Å²) in [5, 5.41) is 0. The summed E-state index contributed by atoms with van der Waals surface area (Å²) in [5.41, 5.74) is 10.1. The molecule has 86 valence electrons. The van der Waals surface area contributed by atoms with Crippen molar-refractivity contribution in [2.75, 3.05) is 0 Å². The van der Waals surface area contributed by atoms with Crippen molar-refractivity contribution in [2.24, 2.45) is 11.5 Å². The van der Waals surface area contributed by atoms with Gasteiger partial charge in [-0.25, -0.2) is 4.79 Å². The summed E-state index contributed by atoms with van der Waals surface area (Å²) in [6, 6.07) is 0.00381. The lowest BCUT2D eigenvalue weighted by molar-refractivity contribution is -0.160. The highest BCUT2D eigenvalue weighted by molar-refractivity contribution is 5.83. The highest BCUT2D eigenvalue weighted by Crippen LogP contribution is 2.22. The third-order valence-corrected chi connectivity index (χ3v) is 2.31. The summed E-state index contributed by atoms with van der Waals surface area (Å²) in [6.07, 6.45) is 4.69. The molecule has 0 amide bonds. The number of nitrogens with two attached hydrogens (primary N) is 2. The van der Waals surface area contributed by atoms with Gasteiger partial charge in [-0.15, -0.1) is 0 Å². The molecule has 0 spiro atoms. The molecule has 0 aromatic carbocycles. The maximum Gasteiger partial charge on any atom is 0.330 e. The molecule has 2 atom stereocenters. The second-order valence-electron chi connectivity index (χ2n) is 5.10. The third kappa shape index (κ3) is 3.32. The van der Waals surface area contributed by atoms with Crippen molar-refractivity contribution in [2.45, 2.75) is 50.8 Å². The van der Waals surface area contributed by atoms with E-state index in [2.05, 4.69) is 0 Å². The van der Waals surface area contributed by atoms with Crippen LogP contribution in [0.15, 0.2) is 12.2 Å². The molecule has 4 heteroatoms. The molecule has 0 unspecified atom stereocenters. The first-order chi connectivity index (χ1) is 6.73. The van der Waals surface area contributed by atoms with E-state index < -0.39 is 11.1 Å². The van der Waals surface area contributed by atoms with Gasteiger partial charge in [0.15, 0.2) is 0 Å². The van der Waals surface area contributed by atoms with Crippen molar-refractivity contribution < 1.29 is 9.53 Å². The monoisotopic (exact) mass is 212 g/mol. The second kappa shape index (κ2) is 3.94. The van der Waals surface area contributed by atoms with Gasteiger partial charge in [-0.3, -0.25) is 0 Å². The molecule has 0 fully saturated rings. The Labute approximate surface area is 90.6 Å². The van der Waals surface area contributed by atoms with Crippen LogP contribution in [0.3, 0.4) is 0 Å². The zero-order chi connectivity index (χ0) is 11.7. The molecule has 0 aromatic heterocycles. The molecule has 0 bridgehead atoms. The topological polar surface area (TPSA) is 78.3 Å². The summed E-state index contributed by atoms with van der Waals surface area (Å²) in [6.45, 7) is 5.48. The fraction of sp³-hybridized carbons (Fsp3) is 0.727. The molecule has 4 nitrogen and oxygen atoms in total. The molecule has 15 heavy (non-hydrogen) atoms. The lowest BCUT2D eigenvalue weighted by Crippen LogP contribution is -2.52. The van der Waals surface area contributed by atoms with Crippen LogP contribution in [0.5, 0.6) is 0 Å². The first-order valence-corrected chi connectivity index (χ1v) is 5.20. The molecule has 1 aliphatic rings. The van der Waals surface area contributed by atoms with E-state index in [9.17, 15) is 4.79 Å². The largest absolute Gasteiger partial charge is 0.458 e. The number of hydrogen-bond donors (Lipinski definition) is 2. The Balaban J connectivity index is 2.71. The Kier molecular flexibility index (Phi) is 3.21. The van der Waals surface area contributed by atoms with Crippen LogP contribution in [0.1, 0.15) is 33.6 Å². The van der Waals surface area contributed by atoms with Gasteiger partial charge in [-0.2, -0.15) is 0 Å². The number of carbonyl (C=O) groups is 1. The lowest BCUT2D eigenvalue weighted by Gasteiger charge is -2.32. The molecule has 4 N–H and O–H groups in total. The van der Waals surface area contributed by atoms with Crippen molar-refractivity contribution in [3.8, 4) is 0 Å². The molecule has 1 rings (SSSR count). The Morgan fingerprint density at radius 3 is 2.53 bits per heavy atom. The SMILES string of the molecule is CC(C)(C)OC(=O)[C@]1(N)C=C[C@@H](N)CC1. The zero-order valence-corrected chi connectivity index (χ0v) is 9.62. The maximum atomic E-state index is 11.8. The number of carbonyl (C=O) groups excluding carboxylic acids is 1. The first-order valence-electron chi connectivity index (χ1n) is 5.20. The summed E-state index contributed by atoms with van der Waals surface area (Å²) in [7, 11) is 0. The summed E-state index contributed by atoms with van der Waals surface area (Å²) >= 11 is 0. The van der Waals surface area contributed by atoms with Gasteiger partial charge in [0.2, 0.25) is 0 Å². The molecule has 0 heterocycles. The van der Waals surface area contributed by atoms with E-state index in [-0.39, 0.29) is 12.0 Å². The number of esters is 1. The van der Waals surface area contributed by atoms with Gasteiger partial charge < -0.3 is 16.2 Å². The van der Waals surface area contributed by atoms with Gasteiger partial charge in [-0.05, 0) is 33.6 Å². The smallest absolute Gasteiger partial charge is 0.330 e. The van der Waals surface area contributed by atoms with Gasteiger partial charge in [0.1, 0.15) is 11.1 Å². The van der Waals surface area contributed by atoms with Crippen LogP contribution < -0.4 is 11.5 Å². The fourth-order valence-corrected chi connectivity index (χ4v) is 1.42. The summed E-state index contributed by atoms with van der Waals surface area (Å²) < 4.78 is 5.26. The number of ether oxygens (including phenoxy) is 1. The molecule has 1 aliphatic carbocycles. The molecule has 0 saturated heterocycles. The van der Waals surface area contributed by atoms with Crippen molar-refractivity contribution in [3.05, 3.63) is 12.2 Å². The predicted molar refractivity (Wildman–Crippen MR) is 59.1 cm³/mol. The second-order valence-corrected chi connectivity index (χ2v) is 5.10. The first kappa shape index (κ1) is 12.2. The normalized spacial score (nSPS) is 31.4. The van der Waals surface area contributed by atoms with Crippen LogP contribution in [-0.2, 0) is 9.53 Å². The van der Waals surface area contributed by atoms with E-state index in [1.165, 1.54) is 0 Å². The van der Waals surface area contributed by atoms with Crippen LogP contribution in [0.25, 0.3) is 0 Å². The van der Waals surface area contributed by atoms with Crippen molar-refractivity contribution >= 4 is 5.97 Å². The Morgan fingerprint density at radius 1 is 1.53 bits per heavy atom. The average Bonchev–Trinajstić information content (AvgIpc) is 2.07. The Hall–Kier alpha value is -0.870. The van der Waals surface area contributed by atoms with E-state index in [0.29, 0.717) is 12.8 Å². The predicted octanol–water partition coefficient (Wildman–Crippen LogP) is 0.703. The number of rotatable bonds is 1. The van der Waals surface area contributed by atoms with E-state index >= 15 is 0 Å². The molecule has 0 radical (unpaired) electrons. The fourth-order valence-electron chi connectivity index (χ4n) is 1.42. The van der Waals surface area contributed by atoms with Gasteiger partial charge in [0.05, 0.1) is 0 Å². The molecular weight excluding hydrogens is 192 g/mol. The average molecular weight is 212 g/mol. The van der Waals surface area contributed by atoms with Crippen LogP contribution >= 0.6 is 0 Å². The molecule has 0 aliphatic heterocycles. The lowest BCUT2D eigenvalue weighted by atomic mass is 9.86. The van der Waals surface area contributed by atoms with Gasteiger partial charge >= 0.3 is 5.97 Å². The van der Waals surface area contributed by atoms with Crippen LogP contribution in [-0.4, -0.2) is 23.2 Å². The summed E-state index contributed by atoms with van der Waals surface area (Å²) in [4.78, 5) is 11.8. The van der Waals surface area contributed by atoms with Gasteiger partial charge in [-0.1, -0.05) is 12.2 Å². The Morgan fingerprint density at radius 2 is 2.13 bits per heavy atom. The highest BCUT2D eigenvalue weighted by Gasteiger charge is 2.37. The van der Waals surface area contributed by atoms with Crippen molar-refractivity contribution in [1.29, 1.82) is 0 Å². The van der Waals surface area contributed by atoms with E-state index in [1.807, 2.05) is 20.8 Å². The van der Waals surface area contributed by atoms with Gasteiger partial charge in [0.25, 0.3) is 0 Å². The van der Waals surface area contributed by atoms with Crippen LogP contribution in [0, 0.1) is 0 Å². The standard InChI is InChI=1S/C11H20N2O2/c1-10(2,3)15-9(14)11(13)6-4-8(12)5-7-11/h4,6,8H,5,7,12-13H2,1-3H3/t8-,11+/m1/s1. The highest BCUT2D eigenvalue weighted by atomic mass is 16.6. The molecule has 0 aromatic rings. The van der Waals surface area contributed by atoms with E-state index in [1.54, 1.807) is 12.2 Å². The van der Waals surface area contributed by atoms with Gasteiger partial charge in [0, 0.05) is 6.04 Å². The van der Waals surface area contributed by atoms with Crippen molar-refractivity contribution in [1.82, 2.24) is 0 Å². The third-order valence-electron chi connectivity index (χ3n) is 2.31. The van der Waals surface area contributed by atoms with Crippen LogP contribution in [0.2, 0.25) is 0 Å².